The van der Waals surface area contributed by atoms with Crippen LogP contribution in [-0.2, 0) is 18.4 Å². The van der Waals surface area contributed by atoms with E-state index in [1.165, 1.54) is 0 Å². The number of amides is 1. The van der Waals surface area contributed by atoms with Gasteiger partial charge in [0.25, 0.3) is 5.91 Å². The Labute approximate surface area is 146 Å². The van der Waals surface area contributed by atoms with E-state index in [0.717, 1.165) is 35.3 Å². The van der Waals surface area contributed by atoms with E-state index in [1.54, 1.807) is 0 Å². The van der Waals surface area contributed by atoms with Crippen LogP contribution in [-0.4, -0.2) is 38.6 Å². The van der Waals surface area contributed by atoms with Gasteiger partial charge in [-0.2, -0.15) is 10.2 Å². The number of rotatable bonds is 7. The average Bonchev–Trinajstić information content (AvgIpc) is 3.13. The van der Waals surface area contributed by atoms with E-state index in [0.29, 0.717) is 12.3 Å². The van der Waals surface area contributed by atoms with Crippen LogP contribution in [0.1, 0.15) is 17.7 Å². The lowest BCUT2D eigenvalue weighted by atomic mass is 10.2. The first kappa shape index (κ1) is 17.0. The molecule has 1 amide bonds. The molecule has 0 atom stereocenters. The Morgan fingerprint density at radius 3 is 2.76 bits per heavy atom. The zero-order chi connectivity index (χ0) is 17.8. The van der Waals surface area contributed by atoms with Crippen molar-refractivity contribution in [1.82, 2.24) is 24.9 Å². The van der Waals surface area contributed by atoms with Crippen LogP contribution in [0.5, 0.6) is 5.75 Å². The van der Waals surface area contributed by atoms with Crippen LogP contribution in [0.25, 0.3) is 11.0 Å². The zero-order valence-electron chi connectivity index (χ0n) is 14.8. The summed E-state index contributed by atoms with van der Waals surface area (Å²) in [5.74, 6) is 0.579. The highest BCUT2D eigenvalue weighted by atomic mass is 16.5. The van der Waals surface area contributed by atoms with Crippen LogP contribution in [0.4, 0.5) is 0 Å². The summed E-state index contributed by atoms with van der Waals surface area (Å²) in [6.07, 6.45) is 2.62. The van der Waals surface area contributed by atoms with Gasteiger partial charge in [0.1, 0.15) is 16.8 Å². The Balaban J connectivity index is 1.41. The van der Waals surface area contributed by atoms with Crippen molar-refractivity contribution in [2.24, 2.45) is 7.05 Å². The summed E-state index contributed by atoms with van der Waals surface area (Å²) in [7, 11) is 1.91. The minimum absolute atomic E-state index is 0.0246. The lowest BCUT2D eigenvalue weighted by Gasteiger charge is -2.08. The van der Waals surface area contributed by atoms with Crippen LogP contribution < -0.4 is 10.1 Å². The predicted molar refractivity (Wildman–Crippen MR) is 95.5 cm³/mol. The molecule has 0 aliphatic heterocycles. The first-order valence-corrected chi connectivity index (χ1v) is 8.36. The van der Waals surface area contributed by atoms with E-state index in [-0.39, 0.29) is 12.5 Å². The highest BCUT2D eigenvalue weighted by Gasteiger charge is 2.11. The number of carbonyl (C=O) groups is 1. The first-order chi connectivity index (χ1) is 12.0. The van der Waals surface area contributed by atoms with Gasteiger partial charge in [0, 0.05) is 20.1 Å². The van der Waals surface area contributed by atoms with Gasteiger partial charge in [0.15, 0.2) is 6.61 Å². The van der Waals surface area contributed by atoms with Crippen LogP contribution in [0, 0.1) is 13.8 Å². The number of hydrogen-bond acceptors (Lipinski definition) is 4. The maximum absolute atomic E-state index is 11.8. The van der Waals surface area contributed by atoms with Gasteiger partial charge in [-0.25, -0.2) is 0 Å². The van der Waals surface area contributed by atoms with Gasteiger partial charge in [0.2, 0.25) is 0 Å². The van der Waals surface area contributed by atoms with Gasteiger partial charge < -0.3 is 10.1 Å². The smallest absolute Gasteiger partial charge is 0.257 e. The molecule has 25 heavy (non-hydrogen) atoms. The molecular formula is C18H23N5O2. The zero-order valence-corrected chi connectivity index (χ0v) is 14.8. The summed E-state index contributed by atoms with van der Waals surface area (Å²) >= 11 is 0. The van der Waals surface area contributed by atoms with Crippen molar-refractivity contribution >= 4 is 16.9 Å². The number of aryl methyl sites for hydroxylation is 4. The lowest BCUT2D eigenvalue weighted by molar-refractivity contribution is -0.123. The van der Waals surface area contributed by atoms with Gasteiger partial charge in [0.05, 0.1) is 11.9 Å². The molecule has 3 rings (SSSR count). The number of benzene rings is 1. The van der Waals surface area contributed by atoms with Crippen LogP contribution in [0.2, 0.25) is 0 Å². The molecule has 1 aromatic carbocycles. The molecular weight excluding hydrogens is 318 g/mol. The van der Waals surface area contributed by atoms with Crippen molar-refractivity contribution < 1.29 is 9.53 Å². The minimum Gasteiger partial charge on any atom is -0.484 e. The number of nitrogens with one attached hydrogen (secondary N) is 1. The molecule has 7 nitrogen and oxygen atoms in total. The highest BCUT2D eigenvalue weighted by molar-refractivity contribution is 5.78. The number of fused-ring (bicyclic) bond motifs is 1. The molecule has 0 radical (unpaired) electrons. The van der Waals surface area contributed by atoms with Gasteiger partial charge in [-0.3, -0.25) is 14.2 Å². The molecule has 0 saturated carbocycles. The number of ether oxygens (including phenoxy) is 1. The molecule has 3 aromatic rings. The van der Waals surface area contributed by atoms with E-state index in [4.69, 9.17) is 4.74 Å². The predicted octanol–water partition coefficient (Wildman–Crippen LogP) is 1.97. The number of carbonyl (C=O) groups excluding carboxylic acids is 1. The van der Waals surface area contributed by atoms with Crippen molar-refractivity contribution in [1.29, 1.82) is 0 Å². The minimum atomic E-state index is -0.122. The van der Waals surface area contributed by atoms with Gasteiger partial charge in [-0.05, 0) is 32.4 Å². The molecule has 1 N–H and O–H groups in total. The maximum Gasteiger partial charge on any atom is 0.257 e. The fourth-order valence-corrected chi connectivity index (χ4v) is 2.77. The van der Waals surface area contributed by atoms with Gasteiger partial charge in [-0.1, -0.05) is 17.7 Å². The standard InChI is InChI=1S/C18H23N5O2/c1-13-5-7-15(8-6-13)25-12-17(24)19-9-4-10-23-18-14(2)21-22(3)16(18)11-20-23/h5-8,11H,4,9-10,12H2,1-3H3,(H,19,24). The molecule has 0 unspecified atom stereocenters. The largest absolute Gasteiger partial charge is 0.484 e. The summed E-state index contributed by atoms with van der Waals surface area (Å²) in [6, 6.07) is 7.64. The van der Waals surface area contributed by atoms with E-state index in [9.17, 15) is 4.79 Å². The van der Waals surface area contributed by atoms with Crippen molar-refractivity contribution in [2.45, 2.75) is 26.8 Å². The van der Waals surface area contributed by atoms with Crippen molar-refractivity contribution in [3.8, 4) is 5.75 Å². The van der Waals surface area contributed by atoms with Crippen LogP contribution >= 0.6 is 0 Å². The lowest BCUT2D eigenvalue weighted by Crippen LogP contribution is -2.30. The molecule has 0 fully saturated rings. The SMILES string of the molecule is Cc1ccc(OCC(=O)NCCCn2ncc3c2c(C)nn3C)cc1. The fourth-order valence-electron chi connectivity index (χ4n) is 2.77. The van der Waals surface area contributed by atoms with E-state index < -0.39 is 0 Å². The average molecular weight is 341 g/mol. The number of aromatic nitrogens is 4. The van der Waals surface area contributed by atoms with E-state index in [2.05, 4.69) is 15.5 Å². The summed E-state index contributed by atoms with van der Waals surface area (Å²) in [6.45, 7) is 5.32. The second kappa shape index (κ2) is 7.38. The second-order valence-electron chi connectivity index (χ2n) is 6.12. The summed E-state index contributed by atoms with van der Waals surface area (Å²) in [4.78, 5) is 11.8. The molecule has 0 spiro atoms. The Morgan fingerprint density at radius 2 is 2.00 bits per heavy atom. The van der Waals surface area contributed by atoms with Crippen LogP contribution in [0.15, 0.2) is 30.5 Å². The Bertz CT molecular complexity index is 864. The molecule has 2 aromatic heterocycles. The molecule has 132 valence electrons. The second-order valence-corrected chi connectivity index (χ2v) is 6.12. The Kier molecular flexibility index (Phi) is 5.02. The van der Waals surface area contributed by atoms with Crippen LogP contribution in [0.3, 0.4) is 0 Å². The molecule has 0 saturated heterocycles. The van der Waals surface area contributed by atoms with E-state index >= 15 is 0 Å². The summed E-state index contributed by atoms with van der Waals surface area (Å²) < 4.78 is 9.23. The van der Waals surface area contributed by atoms with E-state index in [1.807, 2.05) is 60.7 Å². The number of hydrogen-bond donors (Lipinski definition) is 1. The van der Waals surface area contributed by atoms with Gasteiger partial charge in [-0.15, -0.1) is 0 Å². The fraction of sp³-hybridized carbons (Fsp3) is 0.389. The van der Waals surface area contributed by atoms with Crippen molar-refractivity contribution in [3.05, 3.63) is 41.7 Å². The topological polar surface area (TPSA) is 74.0 Å². The Morgan fingerprint density at radius 1 is 1.24 bits per heavy atom. The van der Waals surface area contributed by atoms with Crippen molar-refractivity contribution in [3.63, 3.8) is 0 Å². The normalized spacial score (nSPS) is 11.0. The maximum atomic E-state index is 11.8. The number of nitrogens with zero attached hydrogens (tertiary/aromatic N) is 4. The summed E-state index contributed by atoms with van der Waals surface area (Å²) in [5.41, 5.74) is 4.20. The Hall–Kier alpha value is -2.83. The molecule has 2 heterocycles. The summed E-state index contributed by atoms with van der Waals surface area (Å²) in [5, 5.41) is 11.7. The molecule has 0 bridgehead atoms. The molecule has 0 aliphatic carbocycles. The first-order valence-electron chi connectivity index (χ1n) is 8.36. The molecule has 7 heteroatoms. The quantitative estimate of drug-likeness (QED) is 0.667. The van der Waals surface area contributed by atoms with Crippen molar-refractivity contribution in [2.75, 3.05) is 13.2 Å². The molecule has 0 aliphatic rings. The van der Waals surface area contributed by atoms with Gasteiger partial charge >= 0.3 is 0 Å². The third-order valence-electron chi connectivity index (χ3n) is 4.07. The highest BCUT2D eigenvalue weighted by Crippen LogP contribution is 2.16. The third-order valence-corrected chi connectivity index (χ3v) is 4.07. The third kappa shape index (κ3) is 3.99. The monoisotopic (exact) mass is 341 g/mol.